The number of rotatable bonds is 13. The van der Waals surface area contributed by atoms with Gasteiger partial charge >= 0.3 is 11.9 Å². The zero-order chi connectivity index (χ0) is 28.7. The molecule has 0 aromatic carbocycles. The van der Waals surface area contributed by atoms with Gasteiger partial charge in [-0.15, -0.1) is 0 Å². The Kier molecular flexibility index (Phi) is 11.6. The molecule has 0 aliphatic rings. The van der Waals surface area contributed by atoms with Crippen molar-refractivity contribution in [3.05, 3.63) is 28.8 Å². The lowest BCUT2D eigenvalue weighted by atomic mass is 9.97. The maximum Gasteiger partial charge on any atom is 0.316 e. The van der Waals surface area contributed by atoms with Crippen molar-refractivity contribution in [2.75, 3.05) is 24.0 Å². The Bertz CT molecular complexity index is 1190. The van der Waals surface area contributed by atoms with Crippen LogP contribution in [0.2, 0.25) is 0 Å². The Morgan fingerprint density at radius 2 is 1.84 bits per heavy atom. The fraction of sp³-hybridized carbons (Fsp3) is 0.609. The number of hydrogen-bond donors (Lipinski definition) is 2. The predicted molar refractivity (Wildman–Crippen MR) is 150 cm³/mol. The number of aryl methyl sites for hydroxylation is 1. The molecular weight excluding hydrogens is 632 g/mol. The van der Waals surface area contributed by atoms with Gasteiger partial charge in [-0.25, -0.2) is 4.98 Å². The minimum atomic E-state index is -1.98. The lowest BCUT2D eigenvalue weighted by molar-refractivity contribution is -0.160. The molecule has 2 aromatic heterocycles. The standard InChI is InChI=1S/C23H35IN5O8P/c1-14(37-20(32)23(5,6)7)38(36-13-34-19(31)22(2,3)4)35-11-15(33-8)9-10-29-12-25-16-17(29)26-21(28-24)27-18(16)30/h12,15H,1,9-11,13H2,2-8H3,(H2,26,27,28,30). The van der Waals surface area contributed by atoms with Gasteiger partial charge in [-0.3, -0.25) is 27.4 Å². The lowest BCUT2D eigenvalue weighted by Crippen LogP contribution is -2.25. The molecule has 2 atom stereocenters. The monoisotopic (exact) mass is 667 g/mol. The molecule has 0 saturated heterocycles. The average molecular weight is 667 g/mol. The molecule has 2 heterocycles. The molecule has 212 valence electrons. The summed E-state index contributed by atoms with van der Waals surface area (Å²) in [5, 5.41) is 0. The Morgan fingerprint density at radius 3 is 2.42 bits per heavy atom. The second-order valence-corrected chi connectivity index (χ2v) is 12.3. The van der Waals surface area contributed by atoms with Gasteiger partial charge in [-0.1, -0.05) is 6.58 Å². The Balaban J connectivity index is 2.06. The maximum atomic E-state index is 12.4. The van der Waals surface area contributed by atoms with Crippen LogP contribution in [0.5, 0.6) is 0 Å². The van der Waals surface area contributed by atoms with Crippen molar-refractivity contribution in [2.24, 2.45) is 10.8 Å². The highest BCUT2D eigenvalue weighted by Gasteiger charge is 2.29. The molecule has 13 nitrogen and oxygen atoms in total. The van der Waals surface area contributed by atoms with E-state index in [4.69, 9.17) is 23.3 Å². The highest BCUT2D eigenvalue weighted by molar-refractivity contribution is 14.1. The van der Waals surface area contributed by atoms with Gasteiger partial charge in [-0.05, 0) is 48.0 Å². The van der Waals surface area contributed by atoms with E-state index >= 15 is 0 Å². The zero-order valence-electron chi connectivity index (χ0n) is 22.6. The van der Waals surface area contributed by atoms with E-state index in [2.05, 4.69) is 25.1 Å². The van der Waals surface area contributed by atoms with Crippen LogP contribution >= 0.6 is 31.2 Å². The van der Waals surface area contributed by atoms with Crippen LogP contribution in [0.25, 0.3) is 11.2 Å². The summed E-state index contributed by atoms with van der Waals surface area (Å²) in [5.41, 5.74) is -1.20. The first-order valence-electron chi connectivity index (χ1n) is 11.7. The Morgan fingerprint density at radius 1 is 1.18 bits per heavy atom. The van der Waals surface area contributed by atoms with E-state index in [1.165, 1.54) is 13.4 Å². The van der Waals surface area contributed by atoms with Crippen LogP contribution in [0.15, 0.2) is 23.2 Å². The third-order valence-corrected chi connectivity index (χ3v) is 6.70. The highest BCUT2D eigenvalue weighted by Crippen LogP contribution is 2.47. The molecule has 0 radical (unpaired) electrons. The third kappa shape index (κ3) is 9.26. The number of halogens is 1. The van der Waals surface area contributed by atoms with Crippen molar-refractivity contribution in [1.82, 2.24) is 19.5 Å². The summed E-state index contributed by atoms with van der Waals surface area (Å²) >= 11 is 1.88. The first-order chi connectivity index (χ1) is 17.7. The molecule has 0 bridgehead atoms. The number of hydrogen-bond acceptors (Lipinski definition) is 11. The van der Waals surface area contributed by atoms with Gasteiger partial charge in [0.25, 0.3) is 5.56 Å². The number of nitrogens with zero attached hydrogens (tertiary/aromatic N) is 3. The van der Waals surface area contributed by atoms with E-state index in [-0.39, 0.29) is 23.2 Å². The van der Waals surface area contributed by atoms with E-state index in [9.17, 15) is 14.4 Å². The Hall–Kier alpha value is -2.13. The van der Waals surface area contributed by atoms with Crippen molar-refractivity contribution in [3.63, 3.8) is 0 Å². The van der Waals surface area contributed by atoms with Gasteiger partial charge in [0.1, 0.15) is 0 Å². The topological polar surface area (TPSA) is 156 Å². The summed E-state index contributed by atoms with van der Waals surface area (Å²) in [6.45, 7) is 14.2. The van der Waals surface area contributed by atoms with Gasteiger partial charge in [-0.2, -0.15) is 4.98 Å². The molecule has 0 amide bonds. The molecular formula is C23H35IN5O8P. The maximum absolute atomic E-state index is 12.4. The van der Waals surface area contributed by atoms with E-state index in [0.717, 1.165) is 0 Å². The number of aromatic amines is 1. The molecule has 38 heavy (non-hydrogen) atoms. The normalized spacial score (nSPS) is 13.7. The number of nitrogens with one attached hydrogen (secondary N) is 2. The number of carbonyl (C=O) groups excluding carboxylic acids is 2. The van der Waals surface area contributed by atoms with Crippen molar-refractivity contribution < 1.29 is 32.8 Å². The molecule has 0 aliphatic heterocycles. The van der Waals surface area contributed by atoms with Crippen LogP contribution in [0.4, 0.5) is 5.95 Å². The van der Waals surface area contributed by atoms with Gasteiger partial charge in [0.15, 0.2) is 23.5 Å². The van der Waals surface area contributed by atoms with Crippen LogP contribution < -0.4 is 9.09 Å². The molecule has 2 N–H and O–H groups in total. The van der Waals surface area contributed by atoms with Crippen LogP contribution in [0, 0.1) is 10.8 Å². The molecule has 0 fully saturated rings. The predicted octanol–water partition coefficient (Wildman–Crippen LogP) is 4.24. The quantitative estimate of drug-likeness (QED) is 0.0787. The minimum absolute atomic E-state index is 0.0237. The summed E-state index contributed by atoms with van der Waals surface area (Å²) in [4.78, 5) is 47.7. The van der Waals surface area contributed by atoms with Gasteiger partial charge < -0.3 is 23.3 Å². The van der Waals surface area contributed by atoms with Gasteiger partial charge in [0.05, 0.1) is 52.7 Å². The van der Waals surface area contributed by atoms with Crippen LogP contribution in [-0.4, -0.2) is 58.1 Å². The summed E-state index contributed by atoms with van der Waals surface area (Å²) < 4.78 is 32.1. The molecule has 15 heteroatoms. The number of methoxy groups -OCH3 is 1. The molecule has 2 aromatic rings. The second-order valence-electron chi connectivity index (χ2n) is 10.3. The summed E-state index contributed by atoms with van der Waals surface area (Å²) in [7, 11) is -0.450. The lowest BCUT2D eigenvalue weighted by Gasteiger charge is -2.24. The molecule has 0 spiro atoms. The summed E-state index contributed by atoms with van der Waals surface area (Å²) in [5.74, 6) is -0.651. The average Bonchev–Trinajstić information content (AvgIpc) is 3.24. The SMILES string of the molecule is C=C(OC(=O)C(C)(C)C)P(OCOC(=O)C(C)(C)C)OCC(CCn1cnc2c(=O)[nH]c(NI)nc21)OC. The smallest absolute Gasteiger partial charge is 0.316 e. The summed E-state index contributed by atoms with van der Waals surface area (Å²) in [6, 6.07) is 0. The number of fused-ring (bicyclic) bond motifs is 1. The van der Waals surface area contributed by atoms with E-state index in [0.29, 0.717) is 24.6 Å². The molecule has 2 rings (SSSR count). The van der Waals surface area contributed by atoms with Crippen LogP contribution in [0.3, 0.4) is 0 Å². The number of H-pyrrole nitrogens is 1. The number of ether oxygens (including phenoxy) is 3. The van der Waals surface area contributed by atoms with E-state index in [1.807, 2.05) is 22.9 Å². The van der Waals surface area contributed by atoms with Crippen molar-refractivity contribution in [1.29, 1.82) is 0 Å². The van der Waals surface area contributed by atoms with Crippen LogP contribution in [0.1, 0.15) is 48.0 Å². The van der Waals surface area contributed by atoms with Crippen molar-refractivity contribution in [3.8, 4) is 0 Å². The fourth-order valence-electron chi connectivity index (χ4n) is 2.69. The van der Waals surface area contributed by atoms with Crippen LogP contribution in [-0.2, 0) is 39.4 Å². The fourth-order valence-corrected chi connectivity index (χ4v) is 3.91. The second kappa shape index (κ2) is 13.8. The first-order valence-corrected chi connectivity index (χ1v) is 13.9. The molecule has 2 unspecified atom stereocenters. The van der Waals surface area contributed by atoms with Crippen molar-refractivity contribution >= 4 is 60.3 Å². The minimum Gasteiger partial charge on any atom is -0.438 e. The number of aromatic nitrogens is 4. The van der Waals surface area contributed by atoms with Gasteiger partial charge in [0, 0.05) is 13.7 Å². The molecule has 0 aliphatic carbocycles. The largest absolute Gasteiger partial charge is 0.438 e. The summed E-state index contributed by atoms with van der Waals surface area (Å²) in [6.07, 6.45) is 1.60. The molecule has 0 saturated carbocycles. The van der Waals surface area contributed by atoms with E-state index in [1.54, 1.807) is 46.1 Å². The number of esters is 2. The highest BCUT2D eigenvalue weighted by atomic mass is 127. The van der Waals surface area contributed by atoms with Gasteiger partial charge in [0.2, 0.25) is 14.3 Å². The number of carbonyl (C=O) groups is 2. The van der Waals surface area contributed by atoms with E-state index < -0.39 is 44.0 Å². The first kappa shape index (κ1) is 32.1. The Labute approximate surface area is 236 Å². The van der Waals surface area contributed by atoms with Crippen molar-refractivity contribution in [2.45, 2.75) is 60.6 Å². The zero-order valence-corrected chi connectivity index (χ0v) is 25.7. The third-order valence-electron chi connectivity index (χ3n) is 4.97. The number of imidazole rings is 1. The number of anilines is 1.